The van der Waals surface area contributed by atoms with E-state index in [9.17, 15) is 0 Å². The Morgan fingerprint density at radius 1 is 1.05 bits per heavy atom. The zero-order valence-electron chi connectivity index (χ0n) is 14.5. The van der Waals surface area contributed by atoms with Crippen LogP contribution in [-0.4, -0.2) is 30.1 Å². The number of hydrogen-bond acceptors (Lipinski definition) is 2. The summed E-state index contributed by atoms with van der Waals surface area (Å²) in [5.41, 5.74) is 7.19. The molecule has 122 valence electrons. The minimum atomic E-state index is 0.304. The molecule has 1 heterocycles. The third-order valence-corrected chi connectivity index (χ3v) is 7.29. The average Bonchev–Trinajstić information content (AvgIpc) is 2.47. The molecule has 2 heteroatoms. The molecule has 0 aromatic rings. The Morgan fingerprint density at radius 3 is 2.43 bits per heavy atom. The fraction of sp³-hybridized carbons (Fsp3) is 1.00. The molecule has 3 rings (SSSR count). The first-order valence-corrected chi connectivity index (χ1v) is 9.42. The smallest absolute Gasteiger partial charge is 0.0357 e. The summed E-state index contributed by atoms with van der Waals surface area (Å²) in [7, 11) is 0. The van der Waals surface area contributed by atoms with Crippen LogP contribution in [0.2, 0.25) is 0 Å². The summed E-state index contributed by atoms with van der Waals surface area (Å²) in [6.45, 7) is 10.9. The Morgan fingerprint density at radius 2 is 1.76 bits per heavy atom. The first-order chi connectivity index (χ1) is 9.97. The van der Waals surface area contributed by atoms with Crippen molar-refractivity contribution in [3.63, 3.8) is 0 Å². The monoisotopic (exact) mass is 292 g/mol. The minimum Gasteiger partial charge on any atom is -0.329 e. The Kier molecular flexibility index (Phi) is 4.40. The van der Waals surface area contributed by atoms with Crippen molar-refractivity contribution in [2.24, 2.45) is 28.9 Å². The van der Waals surface area contributed by atoms with Gasteiger partial charge in [0.1, 0.15) is 0 Å². The zero-order valence-corrected chi connectivity index (χ0v) is 14.5. The van der Waals surface area contributed by atoms with Gasteiger partial charge in [0.25, 0.3) is 0 Å². The minimum absolute atomic E-state index is 0.304. The van der Waals surface area contributed by atoms with Crippen LogP contribution in [0.15, 0.2) is 0 Å². The SMILES string of the molecule is CC1CC(C)(C)CCC1(CN)N1CCC2CCCCC2C1. The molecule has 1 saturated heterocycles. The summed E-state index contributed by atoms with van der Waals surface area (Å²) < 4.78 is 0. The van der Waals surface area contributed by atoms with Crippen LogP contribution in [0.25, 0.3) is 0 Å². The van der Waals surface area contributed by atoms with Gasteiger partial charge in [-0.1, -0.05) is 40.0 Å². The lowest BCUT2D eigenvalue weighted by molar-refractivity contribution is -0.0601. The zero-order chi connectivity index (χ0) is 15.1. The summed E-state index contributed by atoms with van der Waals surface area (Å²) in [6, 6.07) is 0. The van der Waals surface area contributed by atoms with Crippen LogP contribution in [0.4, 0.5) is 0 Å². The van der Waals surface area contributed by atoms with Crippen LogP contribution in [-0.2, 0) is 0 Å². The van der Waals surface area contributed by atoms with E-state index in [0.717, 1.165) is 24.3 Å². The highest BCUT2D eigenvalue weighted by molar-refractivity contribution is 5.04. The van der Waals surface area contributed by atoms with E-state index in [1.165, 1.54) is 64.5 Å². The molecular formula is C19H36N2. The molecule has 0 bridgehead atoms. The molecule has 0 aromatic heterocycles. The van der Waals surface area contributed by atoms with Crippen molar-refractivity contribution in [2.75, 3.05) is 19.6 Å². The number of likely N-dealkylation sites (tertiary alicyclic amines) is 1. The number of nitrogens with two attached hydrogens (primary N) is 1. The van der Waals surface area contributed by atoms with E-state index in [1.807, 2.05) is 0 Å². The first-order valence-electron chi connectivity index (χ1n) is 9.42. The van der Waals surface area contributed by atoms with Gasteiger partial charge in [0.2, 0.25) is 0 Å². The third-order valence-electron chi connectivity index (χ3n) is 7.29. The number of hydrogen-bond donors (Lipinski definition) is 1. The molecule has 3 aliphatic rings. The molecule has 2 aliphatic carbocycles. The summed E-state index contributed by atoms with van der Waals surface area (Å²) in [6.07, 6.45) is 11.4. The van der Waals surface area contributed by atoms with Gasteiger partial charge in [-0.05, 0) is 61.8 Å². The topological polar surface area (TPSA) is 29.3 Å². The van der Waals surface area contributed by atoms with Gasteiger partial charge >= 0.3 is 0 Å². The number of piperidine rings is 1. The van der Waals surface area contributed by atoms with E-state index >= 15 is 0 Å². The highest BCUT2D eigenvalue weighted by atomic mass is 15.2. The summed E-state index contributed by atoms with van der Waals surface area (Å²) >= 11 is 0. The standard InChI is InChI=1S/C19H36N2/c1-15-12-18(2,3)9-10-19(15,14-20)21-11-8-16-6-4-5-7-17(16)13-21/h15-17H,4-14,20H2,1-3H3. The molecule has 3 fully saturated rings. The molecule has 2 N–H and O–H groups in total. The fourth-order valence-corrected chi connectivity index (χ4v) is 5.83. The molecule has 2 saturated carbocycles. The third kappa shape index (κ3) is 2.91. The van der Waals surface area contributed by atoms with Crippen molar-refractivity contribution in [3.8, 4) is 0 Å². The molecule has 0 aromatic carbocycles. The molecule has 4 atom stereocenters. The summed E-state index contributed by atoms with van der Waals surface area (Å²) in [5.74, 6) is 2.74. The summed E-state index contributed by atoms with van der Waals surface area (Å²) in [4.78, 5) is 2.85. The second-order valence-corrected chi connectivity index (χ2v) is 9.12. The number of rotatable bonds is 2. The maximum absolute atomic E-state index is 6.37. The average molecular weight is 293 g/mol. The van der Waals surface area contributed by atoms with Gasteiger partial charge in [0.15, 0.2) is 0 Å². The summed E-state index contributed by atoms with van der Waals surface area (Å²) in [5, 5.41) is 0. The number of fused-ring (bicyclic) bond motifs is 1. The molecular weight excluding hydrogens is 256 g/mol. The van der Waals surface area contributed by atoms with Gasteiger partial charge in [-0.2, -0.15) is 0 Å². The van der Waals surface area contributed by atoms with Crippen LogP contribution in [0, 0.1) is 23.2 Å². The Hall–Kier alpha value is -0.0800. The van der Waals surface area contributed by atoms with Gasteiger partial charge in [0, 0.05) is 18.6 Å². The van der Waals surface area contributed by atoms with Crippen molar-refractivity contribution in [1.82, 2.24) is 4.90 Å². The number of nitrogens with zero attached hydrogens (tertiary/aromatic N) is 1. The Balaban J connectivity index is 1.74. The normalized spacial score (nSPS) is 44.3. The highest BCUT2D eigenvalue weighted by Gasteiger charge is 2.48. The molecule has 0 radical (unpaired) electrons. The predicted octanol–water partition coefficient (Wildman–Crippen LogP) is 4.04. The van der Waals surface area contributed by atoms with Crippen molar-refractivity contribution in [3.05, 3.63) is 0 Å². The molecule has 4 unspecified atom stereocenters. The lowest BCUT2D eigenvalue weighted by Crippen LogP contribution is -2.63. The van der Waals surface area contributed by atoms with Crippen molar-refractivity contribution < 1.29 is 0 Å². The molecule has 21 heavy (non-hydrogen) atoms. The van der Waals surface area contributed by atoms with Crippen LogP contribution >= 0.6 is 0 Å². The van der Waals surface area contributed by atoms with Crippen LogP contribution in [0.3, 0.4) is 0 Å². The first kappa shape index (κ1) is 15.8. The molecule has 2 nitrogen and oxygen atoms in total. The molecule has 0 spiro atoms. The second kappa shape index (κ2) is 5.85. The van der Waals surface area contributed by atoms with Crippen LogP contribution in [0.1, 0.15) is 72.1 Å². The highest BCUT2D eigenvalue weighted by Crippen LogP contribution is 2.48. The Bertz CT molecular complexity index is 365. The van der Waals surface area contributed by atoms with E-state index < -0.39 is 0 Å². The lowest BCUT2D eigenvalue weighted by Gasteiger charge is -2.57. The van der Waals surface area contributed by atoms with Gasteiger partial charge in [0.05, 0.1) is 0 Å². The largest absolute Gasteiger partial charge is 0.329 e. The maximum Gasteiger partial charge on any atom is 0.0357 e. The van der Waals surface area contributed by atoms with Gasteiger partial charge < -0.3 is 5.73 Å². The van der Waals surface area contributed by atoms with E-state index in [1.54, 1.807) is 0 Å². The fourth-order valence-electron chi connectivity index (χ4n) is 5.83. The predicted molar refractivity (Wildman–Crippen MR) is 90.2 cm³/mol. The van der Waals surface area contributed by atoms with Crippen molar-refractivity contribution in [1.29, 1.82) is 0 Å². The van der Waals surface area contributed by atoms with Gasteiger partial charge in [-0.15, -0.1) is 0 Å². The van der Waals surface area contributed by atoms with E-state index in [4.69, 9.17) is 5.73 Å². The van der Waals surface area contributed by atoms with Gasteiger partial charge in [-0.25, -0.2) is 0 Å². The van der Waals surface area contributed by atoms with Crippen molar-refractivity contribution >= 4 is 0 Å². The van der Waals surface area contributed by atoms with Gasteiger partial charge in [-0.3, -0.25) is 4.90 Å². The lowest BCUT2D eigenvalue weighted by atomic mass is 9.62. The van der Waals surface area contributed by atoms with Crippen LogP contribution < -0.4 is 5.73 Å². The van der Waals surface area contributed by atoms with E-state index in [0.29, 0.717) is 11.0 Å². The Labute approximate surface area is 131 Å². The van der Waals surface area contributed by atoms with Crippen molar-refractivity contribution in [2.45, 2.75) is 77.7 Å². The second-order valence-electron chi connectivity index (χ2n) is 9.12. The molecule has 1 aliphatic heterocycles. The van der Waals surface area contributed by atoms with Crippen LogP contribution in [0.5, 0.6) is 0 Å². The molecule has 0 amide bonds. The van der Waals surface area contributed by atoms with E-state index in [2.05, 4.69) is 25.7 Å². The van der Waals surface area contributed by atoms with E-state index in [-0.39, 0.29) is 0 Å². The quantitative estimate of drug-likeness (QED) is 0.832. The maximum atomic E-state index is 6.37.